The lowest BCUT2D eigenvalue weighted by molar-refractivity contribution is -0.146. The molecule has 0 spiro atoms. The van der Waals surface area contributed by atoms with Gasteiger partial charge in [-0.05, 0) is 52.7 Å². The Balaban J connectivity index is 2.16. The summed E-state index contributed by atoms with van der Waals surface area (Å²) < 4.78 is 80.0. The van der Waals surface area contributed by atoms with Crippen molar-refractivity contribution >= 4 is 31.6 Å². The van der Waals surface area contributed by atoms with Gasteiger partial charge in [0.1, 0.15) is 11.7 Å². The third kappa shape index (κ3) is 3.15. The van der Waals surface area contributed by atoms with Gasteiger partial charge in [-0.3, -0.25) is 4.31 Å². The van der Waals surface area contributed by atoms with Gasteiger partial charge < -0.3 is 0 Å². The molecular formula is C16H12BrF4NO2S. The molecule has 0 radical (unpaired) electrons. The van der Waals surface area contributed by atoms with E-state index in [-0.39, 0.29) is 20.6 Å². The van der Waals surface area contributed by atoms with Crippen molar-refractivity contribution in [3.05, 3.63) is 57.8 Å². The molecule has 0 aliphatic carbocycles. The van der Waals surface area contributed by atoms with E-state index in [0.29, 0.717) is 4.31 Å². The van der Waals surface area contributed by atoms with Crippen molar-refractivity contribution in [3.8, 4) is 0 Å². The number of benzene rings is 2. The summed E-state index contributed by atoms with van der Waals surface area (Å²) in [6, 6.07) is 7.61. The first-order chi connectivity index (χ1) is 11.5. The fraction of sp³-hybridized carbons (Fsp3) is 0.250. The molecule has 0 saturated carbocycles. The zero-order valence-corrected chi connectivity index (χ0v) is 15.2. The average molecular weight is 438 g/mol. The summed E-state index contributed by atoms with van der Waals surface area (Å²) in [7, 11) is -4.20. The van der Waals surface area contributed by atoms with Gasteiger partial charge in [-0.25, -0.2) is 12.8 Å². The van der Waals surface area contributed by atoms with Gasteiger partial charge in [0, 0.05) is 0 Å². The van der Waals surface area contributed by atoms with E-state index in [1.54, 1.807) is 19.1 Å². The van der Waals surface area contributed by atoms with Crippen LogP contribution in [-0.4, -0.2) is 21.1 Å². The first kappa shape index (κ1) is 18.2. The Morgan fingerprint density at radius 2 is 1.76 bits per heavy atom. The van der Waals surface area contributed by atoms with Crippen LogP contribution in [0.5, 0.6) is 0 Å². The Labute approximate surface area is 150 Å². The third-order valence-corrected chi connectivity index (χ3v) is 6.47. The minimum Gasteiger partial charge on any atom is -0.265 e. The largest absolute Gasteiger partial charge is 0.397 e. The Kier molecular flexibility index (Phi) is 4.35. The molecule has 1 unspecified atom stereocenters. The van der Waals surface area contributed by atoms with Crippen LogP contribution in [0.3, 0.4) is 0 Å². The Hall–Kier alpha value is -1.61. The molecule has 0 bridgehead atoms. The maximum atomic E-state index is 13.7. The van der Waals surface area contributed by atoms with Gasteiger partial charge >= 0.3 is 6.18 Å². The normalized spacial score (nSPS) is 17.7. The van der Waals surface area contributed by atoms with Crippen LogP contribution in [0.25, 0.3) is 0 Å². The number of sulfonamides is 1. The van der Waals surface area contributed by atoms with E-state index in [0.717, 1.165) is 17.7 Å². The summed E-state index contributed by atoms with van der Waals surface area (Å²) >= 11 is 2.90. The number of alkyl halides is 3. The number of rotatable bonds is 2. The number of fused-ring (bicyclic) bond motifs is 1. The van der Waals surface area contributed by atoms with Crippen LogP contribution in [0.15, 0.2) is 45.8 Å². The molecule has 134 valence electrons. The van der Waals surface area contributed by atoms with Crippen LogP contribution in [0.2, 0.25) is 0 Å². The number of anilines is 1. The van der Waals surface area contributed by atoms with Crippen molar-refractivity contribution in [2.45, 2.75) is 23.9 Å². The first-order valence-electron chi connectivity index (χ1n) is 7.17. The van der Waals surface area contributed by atoms with E-state index in [2.05, 4.69) is 15.9 Å². The maximum Gasteiger partial charge on any atom is 0.397 e. The standard InChI is InChI=1S/C16H12BrF4NO2S/c1-9-2-4-10(5-3-9)25(23,24)22-8-12(16(19,20)21)11-6-14(18)13(17)7-15(11)22/h2-7,12H,8H2,1H3. The highest BCUT2D eigenvalue weighted by Crippen LogP contribution is 2.48. The van der Waals surface area contributed by atoms with Crippen molar-refractivity contribution in [1.29, 1.82) is 0 Å². The molecule has 1 atom stereocenters. The number of aryl methyl sites for hydroxylation is 1. The van der Waals surface area contributed by atoms with Gasteiger partial charge in [-0.1, -0.05) is 17.7 Å². The molecule has 3 nitrogen and oxygen atoms in total. The van der Waals surface area contributed by atoms with E-state index >= 15 is 0 Å². The fourth-order valence-electron chi connectivity index (χ4n) is 2.75. The average Bonchev–Trinajstić information content (AvgIpc) is 2.87. The lowest BCUT2D eigenvalue weighted by Crippen LogP contribution is -2.33. The highest BCUT2D eigenvalue weighted by molar-refractivity contribution is 9.10. The second-order valence-electron chi connectivity index (χ2n) is 5.77. The molecule has 0 fully saturated rings. The predicted octanol–water partition coefficient (Wildman–Crippen LogP) is 4.75. The number of hydrogen-bond donors (Lipinski definition) is 0. The summed E-state index contributed by atoms with van der Waals surface area (Å²) in [4.78, 5) is -0.118. The topological polar surface area (TPSA) is 37.4 Å². The van der Waals surface area contributed by atoms with Crippen molar-refractivity contribution in [2.75, 3.05) is 10.8 Å². The quantitative estimate of drug-likeness (QED) is 0.635. The summed E-state index contributed by atoms with van der Waals surface area (Å²) in [5.41, 5.74) is 0.263. The van der Waals surface area contributed by atoms with E-state index in [1.807, 2.05) is 0 Å². The second kappa shape index (κ2) is 5.98. The van der Waals surface area contributed by atoms with Crippen LogP contribution in [0.1, 0.15) is 17.0 Å². The zero-order valence-electron chi connectivity index (χ0n) is 12.8. The minimum absolute atomic E-state index is 0.0989. The zero-order chi connectivity index (χ0) is 18.6. The number of hydrogen-bond acceptors (Lipinski definition) is 2. The SMILES string of the molecule is Cc1ccc(S(=O)(=O)N2CC(C(F)(F)F)c3cc(F)c(Br)cc32)cc1. The molecular weight excluding hydrogens is 426 g/mol. The molecule has 0 amide bonds. The minimum atomic E-state index is -4.69. The van der Waals surface area contributed by atoms with Crippen molar-refractivity contribution in [1.82, 2.24) is 0 Å². The van der Waals surface area contributed by atoms with Gasteiger partial charge in [-0.15, -0.1) is 0 Å². The van der Waals surface area contributed by atoms with Crippen molar-refractivity contribution in [2.24, 2.45) is 0 Å². The van der Waals surface area contributed by atoms with Crippen LogP contribution in [0, 0.1) is 12.7 Å². The van der Waals surface area contributed by atoms with E-state index in [4.69, 9.17) is 0 Å². The Bertz CT molecular complexity index is 926. The van der Waals surface area contributed by atoms with Crippen LogP contribution < -0.4 is 4.31 Å². The molecule has 2 aromatic carbocycles. The molecule has 1 aliphatic heterocycles. The molecule has 25 heavy (non-hydrogen) atoms. The van der Waals surface area contributed by atoms with Gasteiger partial charge in [0.15, 0.2) is 0 Å². The van der Waals surface area contributed by atoms with Gasteiger partial charge in [-0.2, -0.15) is 13.2 Å². The highest BCUT2D eigenvalue weighted by atomic mass is 79.9. The molecule has 0 saturated heterocycles. The summed E-state index contributed by atoms with van der Waals surface area (Å²) in [5, 5.41) is 0. The molecule has 0 aromatic heterocycles. The molecule has 3 rings (SSSR count). The third-order valence-electron chi connectivity index (χ3n) is 4.07. The lowest BCUT2D eigenvalue weighted by Gasteiger charge is -2.21. The number of halogens is 5. The van der Waals surface area contributed by atoms with E-state index in [9.17, 15) is 26.0 Å². The molecule has 2 aromatic rings. The van der Waals surface area contributed by atoms with E-state index in [1.165, 1.54) is 12.1 Å². The second-order valence-corrected chi connectivity index (χ2v) is 8.49. The molecule has 0 N–H and O–H groups in total. The highest BCUT2D eigenvalue weighted by Gasteiger charge is 2.50. The Morgan fingerprint density at radius 1 is 1.16 bits per heavy atom. The fourth-order valence-corrected chi connectivity index (χ4v) is 4.58. The predicted molar refractivity (Wildman–Crippen MR) is 88.6 cm³/mol. The molecule has 1 heterocycles. The van der Waals surface area contributed by atoms with Crippen LogP contribution in [0.4, 0.5) is 23.2 Å². The summed E-state index contributed by atoms with van der Waals surface area (Å²) in [5.74, 6) is -2.95. The Morgan fingerprint density at radius 3 is 2.32 bits per heavy atom. The van der Waals surface area contributed by atoms with Crippen molar-refractivity contribution in [3.63, 3.8) is 0 Å². The van der Waals surface area contributed by atoms with Crippen LogP contribution >= 0.6 is 15.9 Å². The summed E-state index contributed by atoms with van der Waals surface area (Å²) in [6.07, 6.45) is -4.69. The summed E-state index contributed by atoms with van der Waals surface area (Å²) in [6.45, 7) is 0.950. The van der Waals surface area contributed by atoms with Gasteiger partial charge in [0.25, 0.3) is 10.0 Å². The maximum absolute atomic E-state index is 13.7. The van der Waals surface area contributed by atoms with Gasteiger partial charge in [0.05, 0.1) is 21.6 Å². The lowest BCUT2D eigenvalue weighted by atomic mass is 10.0. The molecule has 9 heteroatoms. The van der Waals surface area contributed by atoms with Crippen LogP contribution in [-0.2, 0) is 10.0 Å². The molecule has 1 aliphatic rings. The number of nitrogens with zero attached hydrogens (tertiary/aromatic N) is 1. The monoisotopic (exact) mass is 437 g/mol. The van der Waals surface area contributed by atoms with E-state index < -0.39 is 34.5 Å². The first-order valence-corrected chi connectivity index (χ1v) is 9.40. The van der Waals surface area contributed by atoms with Gasteiger partial charge in [0.2, 0.25) is 0 Å². The smallest absolute Gasteiger partial charge is 0.265 e. The van der Waals surface area contributed by atoms with Crippen molar-refractivity contribution < 1.29 is 26.0 Å².